The third kappa shape index (κ3) is 6.98. The van der Waals surface area contributed by atoms with Gasteiger partial charge in [-0.1, -0.05) is 29.8 Å². The summed E-state index contributed by atoms with van der Waals surface area (Å²) in [6.45, 7) is 1.68. The molecule has 3 N–H and O–H groups in total. The average Bonchev–Trinajstić information content (AvgIpc) is 2.71. The average molecular weight is 399 g/mol. The molecule has 0 aliphatic heterocycles. The maximum absolute atomic E-state index is 11.8. The molecule has 0 unspecified atom stereocenters. The molecule has 0 aliphatic rings. The van der Waals surface area contributed by atoms with Crippen LogP contribution in [-0.2, 0) is 20.9 Å². The highest BCUT2D eigenvalue weighted by molar-refractivity contribution is 6.35. The fourth-order valence-corrected chi connectivity index (χ4v) is 2.21. The van der Waals surface area contributed by atoms with Gasteiger partial charge in [0.1, 0.15) is 0 Å². The first-order valence-corrected chi connectivity index (χ1v) is 8.58. The molecule has 2 amide bonds. The summed E-state index contributed by atoms with van der Waals surface area (Å²) in [5.41, 5.74) is 4.66. The molecular formula is C20H21N3O6. The summed E-state index contributed by atoms with van der Waals surface area (Å²) in [7, 11) is 1.41. The van der Waals surface area contributed by atoms with E-state index >= 15 is 0 Å². The molecule has 0 heterocycles. The molecule has 29 heavy (non-hydrogen) atoms. The normalized spacial score (nSPS) is 10.4. The molecule has 0 bridgehead atoms. The number of aryl methyl sites for hydroxylation is 1. The molecule has 0 saturated carbocycles. The van der Waals surface area contributed by atoms with Gasteiger partial charge in [0, 0.05) is 6.54 Å². The summed E-state index contributed by atoms with van der Waals surface area (Å²) in [5.74, 6) is -2.26. The van der Waals surface area contributed by atoms with Gasteiger partial charge in [0.05, 0.1) is 13.3 Å². The number of hydrogen-bond acceptors (Lipinski definition) is 6. The minimum absolute atomic E-state index is 0.227. The Morgan fingerprint density at radius 3 is 2.45 bits per heavy atom. The van der Waals surface area contributed by atoms with Gasteiger partial charge in [-0.2, -0.15) is 5.10 Å². The molecule has 0 radical (unpaired) electrons. The SMILES string of the molecule is COc1cc(/C=N\NC(=O)C(=O)NCc2ccc(C)cc2)ccc1OCC(=O)O. The van der Waals surface area contributed by atoms with Crippen molar-refractivity contribution in [3.63, 3.8) is 0 Å². The van der Waals surface area contributed by atoms with E-state index in [-0.39, 0.29) is 12.3 Å². The number of hydrogen-bond donors (Lipinski definition) is 3. The van der Waals surface area contributed by atoms with Gasteiger partial charge in [-0.3, -0.25) is 9.59 Å². The maximum atomic E-state index is 11.8. The predicted octanol–water partition coefficient (Wildman–Crippen LogP) is 1.23. The van der Waals surface area contributed by atoms with E-state index in [1.807, 2.05) is 31.2 Å². The third-order valence-corrected chi connectivity index (χ3v) is 3.70. The van der Waals surface area contributed by atoms with Crippen LogP contribution in [0.4, 0.5) is 0 Å². The minimum Gasteiger partial charge on any atom is -0.493 e. The number of methoxy groups -OCH3 is 1. The second-order valence-corrected chi connectivity index (χ2v) is 5.96. The van der Waals surface area contributed by atoms with Crippen molar-refractivity contribution in [3.05, 3.63) is 59.2 Å². The Kier molecular flexibility index (Phi) is 7.72. The molecule has 9 heteroatoms. The van der Waals surface area contributed by atoms with Crippen molar-refractivity contribution in [1.29, 1.82) is 0 Å². The Bertz CT molecular complexity index is 909. The largest absolute Gasteiger partial charge is 0.493 e. The van der Waals surface area contributed by atoms with Gasteiger partial charge in [-0.15, -0.1) is 0 Å². The zero-order valence-corrected chi connectivity index (χ0v) is 16.0. The maximum Gasteiger partial charge on any atom is 0.341 e. The first-order chi connectivity index (χ1) is 13.9. The van der Waals surface area contributed by atoms with Crippen LogP contribution in [-0.4, -0.2) is 42.8 Å². The van der Waals surface area contributed by atoms with Crippen molar-refractivity contribution >= 4 is 24.0 Å². The van der Waals surface area contributed by atoms with Crippen LogP contribution in [0.3, 0.4) is 0 Å². The molecule has 152 valence electrons. The highest BCUT2D eigenvalue weighted by Crippen LogP contribution is 2.27. The van der Waals surface area contributed by atoms with E-state index in [4.69, 9.17) is 14.6 Å². The van der Waals surface area contributed by atoms with Crippen molar-refractivity contribution < 1.29 is 29.0 Å². The van der Waals surface area contributed by atoms with E-state index in [0.717, 1.165) is 11.1 Å². The third-order valence-electron chi connectivity index (χ3n) is 3.70. The molecule has 0 saturated heterocycles. The summed E-state index contributed by atoms with van der Waals surface area (Å²) < 4.78 is 10.2. The smallest absolute Gasteiger partial charge is 0.341 e. The van der Waals surface area contributed by atoms with Gasteiger partial charge >= 0.3 is 17.8 Å². The molecule has 0 atom stereocenters. The van der Waals surface area contributed by atoms with Crippen LogP contribution in [0.25, 0.3) is 0 Å². The predicted molar refractivity (Wildman–Crippen MR) is 105 cm³/mol. The number of nitrogens with one attached hydrogen (secondary N) is 2. The van der Waals surface area contributed by atoms with Gasteiger partial charge in [0.25, 0.3) is 0 Å². The van der Waals surface area contributed by atoms with E-state index in [1.165, 1.54) is 19.4 Å². The van der Waals surface area contributed by atoms with Gasteiger partial charge in [0.15, 0.2) is 18.1 Å². The molecule has 2 aromatic rings. The fourth-order valence-electron chi connectivity index (χ4n) is 2.21. The van der Waals surface area contributed by atoms with E-state index in [1.54, 1.807) is 12.1 Å². The highest BCUT2D eigenvalue weighted by Gasteiger charge is 2.12. The number of carbonyl (C=O) groups excluding carboxylic acids is 2. The van der Waals surface area contributed by atoms with Crippen LogP contribution in [0.5, 0.6) is 11.5 Å². The minimum atomic E-state index is -1.11. The summed E-state index contributed by atoms with van der Waals surface area (Å²) >= 11 is 0. The summed E-state index contributed by atoms with van der Waals surface area (Å²) in [4.78, 5) is 34.2. The summed E-state index contributed by atoms with van der Waals surface area (Å²) in [6, 6.07) is 12.2. The first kappa shape index (κ1) is 21.4. The second-order valence-electron chi connectivity index (χ2n) is 5.96. The van der Waals surface area contributed by atoms with Crippen LogP contribution in [0.1, 0.15) is 16.7 Å². The van der Waals surface area contributed by atoms with Gasteiger partial charge < -0.3 is 19.9 Å². The van der Waals surface area contributed by atoms with Crippen LogP contribution < -0.4 is 20.2 Å². The Morgan fingerprint density at radius 1 is 1.07 bits per heavy atom. The standard InChI is InChI=1S/C20H21N3O6/c1-13-3-5-14(6-4-13)10-21-19(26)20(27)23-22-11-15-7-8-16(17(9-15)28-2)29-12-18(24)25/h3-9,11H,10,12H2,1-2H3,(H,21,26)(H,23,27)(H,24,25)/b22-11-. The number of carbonyl (C=O) groups is 3. The Morgan fingerprint density at radius 2 is 1.79 bits per heavy atom. The fraction of sp³-hybridized carbons (Fsp3) is 0.200. The molecule has 0 aliphatic carbocycles. The van der Waals surface area contributed by atoms with Crippen molar-refractivity contribution in [2.45, 2.75) is 13.5 Å². The number of carboxylic acid groups (broad SMARTS) is 1. The van der Waals surface area contributed by atoms with Crippen LogP contribution in [0, 0.1) is 6.92 Å². The monoisotopic (exact) mass is 399 g/mol. The number of amides is 2. The number of hydrazone groups is 1. The first-order valence-electron chi connectivity index (χ1n) is 8.58. The van der Waals surface area contributed by atoms with Gasteiger partial charge in [-0.25, -0.2) is 10.2 Å². The van der Waals surface area contributed by atoms with E-state index < -0.39 is 24.4 Å². The van der Waals surface area contributed by atoms with Crippen LogP contribution in [0.15, 0.2) is 47.6 Å². The molecule has 0 fully saturated rings. The summed E-state index contributed by atoms with van der Waals surface area (Å²) in [6.07, 6.45) is 1.31. The van der Waals surface area contributed by atoms with Crippen molar-refractivity contribution in [3.8, 4) is 11.5 Å². The lowest BCUT2D eigenvalue weighted by atomic mass is 10.1. The van der Waals surface area contributed by atoms with Crippen molar-refractivity contribution in [1.82, 2.24) is 10.7 Å². The Balaban J connectivity index is 1.87. The molecule has 9 nitrogen and oxygen atoms in total. The lowest BCUT2D eigenvalue weighted by Gasteiger charge is -2.09. The van der Waals surface area contributed by atoms with E-state index in [9.17, 15) is 14.4 Å². The number of rotatable bonds is 8. The van der Waals surface area contributed by atoms with Gasteiger partial charge in [0.2, 0.25) is 0 Å². The number of nitrogens with zero attached hydrogens (tertiary/aromatic N) is 1. The lowest BCUT2D eigenvalue weighted by Crippen LogP contribution is -2.37. The quantitative estimate of drug-likeness (QED) is 0.348. The number of aliphatic carboxylic acids is 1. The topological polar surface area (TPSA) is 126 Å². The number of benzene rings is 2. The molecular weight excluding hydrogens is 378 g/mol. The van der Waals surface area contributed by atoms with Crippen LogP contribution in [0.2, 0.25) is 0 Å². The Hall–Kier alpha value is -3.88. The lowest BCUT2D eigenvalue weighted by molar-refractivity contribution is -0.139. The summed E-state index contributed by atoms with van der Waals surface area (Å²) in [5, 5.41) is 14.9. The highest BCUT2D eigenvalue weighted by atomic mass is 16.5. The van der Waals surface area contributed by atoms with Crippen molar-refractivity contribution in [2.75, 3.05) is 13.7 Å². The zero-order chi connectivity index (χ0) is 21.2. The van der Waals surface area contributed by atoms with E-state index in [2.05, 4.69) is 15.8 Å². The molecule has 0 aromatic heterocycles. The molecule has 2 rings (SSSR count). The second kappa shape index (κ2) is 10.5. The van der Waals surface area contributed by atoms with Gasteiger partial charge in [-0.05, 0) is 36.2 Å². The molecule has 2 aromatic carbocycles. The van der Waals surface area contributed by atoms with E-state index in [0.29, 0.717) is 11.3 Å². The van der Waals surface area contributed by atoms with Crippen molar-refractivity contribution in [2.24, 2.45) is 5.10 Å². The Labute approximate surface area is 167 Å². The number of carboxylic acids is 1. The van der Waals surface area contributed by atoms with Crippen LogP contribution >= 0.6 is 0 Å². The number of ether oxygens (including phenoxy) is 2. The molecule has 0 spiro atoms. The zero-order valence-electron chi connectivity index (χ0n) is 16.0.